The molecule has 0 amide bonds. The van der Waals surface area contributed by atoms with Gasteiger partial charge in [0, 0.05) is 6.04 Å². The van der Waals surface area contributed by atoms with Gasteiger partial charge in [-0.3, -0.25) is 0 Å². The number of rotatable bonds is 2. The number of benzene rings is 1. The average molecular weight is 259 g/mol. The monoisotopic (exact) mass is 259 g/mol. The van der Waals surface area contributed by atoms with E-state index in [2.05, 4.69) is 18.2 Å². The van der Waals surface area contributed by atoms with Crippen LogP contribution in [0.4, 0.5) is 0 Å². The molecule has 0 spiro atoms. The van der Waals surface area contributed by atoms with Gasteiger partial charge in [-0.2, -0.15) is 0 Å². The van der Waals surface area contributed by atoms with Crippen molar-refractivity contribution < 1.29 is 4.74 Å². The van der Waals surface area contributed by atoms with Crippen LogP contribution in [0.5, 0.6) is 5.75 Å². The molecule has 1 saturated carbocycles. The minimum Gasteiger partial charge on any atom is -0.489 e. The minimum atomic E-state index is 0.207. The van der Waals surface area contributed by atoms with Crippen LogP contribution >= 0.6 is 0 Å². The van der Waals surface area contributed by atoms with E-state index < -0.39 is 0 Å². The number of aryl methyl sites for hydroxylation is 2. The highest BCUT2D eigenvalue weighted by Crippen LogP contribution is 2.28. The molecule has 19 heavy (non-hydrogen) atoms. The number of nitrogens with two attached hydrogens (primary N) is 1. The zero-order valence-corrected chi connectivity index (χ0v) is 11.7. The van der Waals surface area contributed by atoms with Gasteiger partial charge in [0.05, 0.1) is 0 Å². The van der Waals surface area contributed by atoms with Gasteiger partial charge in [-0.1, -0.05) is 18.9 Å². The maximum Gasteiger partial charge on any atom is 0.120 e. The maximum atomic E-state index is 6.24. The molecule has 0 saturated heterocycles. The lowest BCUT2D eigenvalue weighted by Crippen LogP contribution is -2.37. The van der Waals surface area contributed by atoms with Gasteiger partial charge in [-0.15, -0.1) is 0 Å². The zero-order valence-electron chi connectivity index (χ0n) is 11.7. The Morgan fingerprint density at radius 2 is 1.68 bits per heavy atom. The van der Waals surface area contributed by atoms with Gasteiger partial charge >= 0.3 is 0 Å². The Bertz CT molecular complexity index is 429. The molecule has 3 rings (SSSR count). The molecule has 104 valence electrons. The Morgan fingerprint density at radius 3 is 2.58 bits per heavy atom. The highest BCUT2D eigenvalue weighted by molar-refractivity contribution is 5.37. The van der Waals surface area contributed by atoms with E-state index in [0.29, 0.717) is 0 Å². The molecule has 2 aliphatic rings. The first-order chi connectivity index (χ1) is 9.33. The molecule has 2 N–H and O–H groups in total. The molecule has 2 heteroatoms. The Labute approximate surface area is 116 Å². The van der Waals surface area contributed by atoms with Crippen LogP contribution in [0.3, 0.4) is 0 Å². The van der Waals surface area contributed by atoms with Gasteiger partial charge in [0.2, 0.25) is 0 Å². The van der Waals surface area contributed by atoms with Crippen molar-refractivity contribution in [2.24, 2.45) is 5.73 Å². The van der Waals surface area contributed by atoms with E-state index in [-0.39, 0.29) is 12.1 Å². The summed E-state index contributed by atoms with van der Waals surface area (Å²) < 4.78 is 6.19. The van der Waals surface area contributed by atoms with Gasteiger partial charge in [0.15, 0.2) is 0 Å². The number of hydrogen-bond donors (Lipinski definition) is 1. The van der Waals surface area contributed by atoms with Gasteiger partial charge in [-0.25, -0.2) is 0 Å². The first-order valence-corrected chi connectivity index (χ1v) is 7.87. The predicted octanol–water partition coefficient (Wildman–Crippen LogP) is 3.60. The molecule has 0 aromatic heterocycles. The number of ether oxygens (including phenoxy) is 1. The molecule has 2 aliphatic carbocycles. The average Bonchev–Trinajstić information content (AvgIpc) is 2.64. The molecule has 0 radical (unpaired) electrons. The van der Waals surface area contributed by atoms with E-state index in [0.717, 1.165) is 18.6 Å². The van der Waals surface area contributed by atoms with E-state index in [1.165, 1.54) is 56.1 Å². The lowest BCUT2D eigenvalue weighted by Gasteiger charge is -2.24. The molecule has 2 atom stereocenters. The molecule has 0 aliphatic heterocycles. The summed E-state index contributed by atoms with van der Waals surface area (Å²) in [7, 11) is 0. The van der Waals surface area contributed by atoms with Gasteiger partial charge in [0.1, 0.15) is 11.9 Å². The number of fused-ring (bicyclic) bond motifs is 1. The Morgan fingerprint density at radius 1 is 0.895 bits per heavy atom. The molecule has 1 aromatic rings. The second-order valence-corrected chi connectivity index (χ2v) is 6.10. The molecule has 2 nitrogen and oxygen atoms in total. The van der Waals surface area contributed by atoms with Gasteiger partial charge in [0.25, 0.3) is 0 Å². The van der Waals surface area contributed by atoms with Gasteiger partial charge < -0.3 is 10.5 Å². The van der Waals surface area contributed by atoms with E-state index in [1.807, 2.05) is 0 Å². The summed E-state index contributed by atoms with van der Waals surface area (Å²) in [5, 5.41) is 0. The largest absolute Gasteiger partial charge is 0.489 e. The summed E-state index contributed by atoms with van der Waals surface area (Å²) in [5.41, 5.74) is 9.25. The van der Waals surface area contributed by atoms with Crippen molar-refractivity contribution in [2.45, 2.75) is 69.9 Å². The zero-order chi connectivity index (χ0) is 13.1. The lowest BCUT2D eigenvalue weighted by molar-refractivity contribution is 0.162. The molecule has 0 bridgehead atoms. The Balaban J connectivity index is 1.71. The molecular weight excluding hydrogens is 234 g/mol. The van der Waals surface area contributed by atoms with Crippen molar-refractivity contribution >= 4 is 0 Å². The third-order valence-corrected chi connectivity index (χ3v) is 4.61. The van der Waals surface area contributed by atoms with E-state index in [4.69, 9.17) is 10.5 Å². The molecule has 1 aromatic carbocycles. The highest BCUT2D eigenvalue weighted by atomic mass is 16.5. The summed E-state index contributed by atoms with van der Waals surface area (Å²) in [6, 6.07) is 6.86. The van der Waals surface area contributed by atoms with Crippen LogP contribution in [0.25, 0.3) is 0 Å². The molecule has 1 fully saturated rings. The van der Waals surface area contributed by atoms with E-state index >= 15 is 0 Å². The smallest absolute Gasteiger partial charge is 0.120 e. The van der Waals surface area contributed by atoms with Crippen molar-refractivity contribution in [2.75, 3.05) is 0 Å². The fraction of sp³-hybridized carbons (Fsp3) is 0.647. The number of hydrogen-bond acceptors (Lipinski definition) is 2. The molecule has 2 unspecified atom stereocenters. The Kier molecular flexibility index (Phi) is 4.07. The summed E-state index contributed by atoms with van der Waals surface area (Å²) in [5.74, 6) is 1.03. The minimum absolute atomic E-state index is 0.207. The predicted molar refractivity (Wildman–Crippen MR) is 78.6 cm³/mol. The van der Waals surface area contributed by atoms with Crippen molar-refractivity contribution in [3.8, 4) is 5.75 Å². The van der Waals surface area contributed by atoms with Crippen molar-refractivity contribution in [3.05, 3.63) is 29.3 Å². The standard InChI is InChI=1S/C17H25NO/c18-16-8-2-1-3-9-17(16)19-15-11-10-13-6-4-5-7-14(13)12-15/h10-12,16-17H,1-9,18H2. The third kappa shape index (κ3) is 3.11. The third-order valence-electron chi connectivity index (χ3n) is 4.61. The topological polar surface area (TPSA) is 35.2 Å². The second-order valence-electron chi connectivity index (χ2n) is 6.10. The molecular formula is C17H25NO. The van der Waals surface area contributed by atoms with Crippen LogP contribution in [-0.2, 0) is 12.8 Å². The van der Waals surface area contributed by atoms with Crippen molar-refractivity contribution in [3.63, 3.8) is 0 Å². The van der Waals surface area contributed by atoms with Crippen LogP contribution < -0.4 is 10.5 Å². The van der Waals surface area contributed by atoms with Crippen LogP contribution in [0.2, 0.25) is 0 Å². The maximum absolute atomic E-state index is 6.24. The summed E-state index contributed by atoms with van der Waals surface area (Å²) in [6.07, 6.45) is 11.3. The second kappa shape index (κ2) is 5.96. The summed E-state index contributed by atoms with van der Waals surface area (Å²) in [6.45, 7) is 0. The lowest BCUT2D eigenvalue weighted by atomic mass is 9.92. The van der Waals surface area contributed by atoms with Crippen LogP contribution in [0, 0.1) is 0 Å². The molecule has 0 heterocycles. The fourth-order valence-electron chi connectivity index (χ4n) is 3.41. The first-order valence-electron chi connectivity index (χ1n) is 7.87. The van der Waals surface area contributed by atoms with Gasteiger partial charge in [-0.05, 0) is 68.2 Å². The first kappa shape index (κ1) is 13.0. The van der Waals surface area contributed by atoms with Crippen LogP contribution in [0.1, 0.15) is 56.1 Å². The SMILES string of the molecule is NC1CCCCCC1Oc1ccc2c(c1)CCCC2. The highest BCUT2D eigenvalue weighted by Gasteiger charge is 2.22. The van der Waals surface area contributed by atoms with Crippen molar-refractivity contribution in [1.29, 1.82) is 0 Å². The van der Waals surface area contributed by atoms with E-state index in [9.17, 15) is 0 Å². The summed E-state index contributed by atoms with van der Waals surface area (Å²) in [4.78, 5) is 0. The van der Waals surface area contributed by atoms with E-state index in [1.54, 1.807) is 0 Å². The van der Waals surface area contributed by atoms with Crippen LogP contribution in [-0.4, -0.2) is 12.1 Å². The normalized spacial score (nSPS) is 27.4. The Hall–Kier alpha value is -1.02. The summed E-state index contributed by atoms with van der Waals surface area (Å²) >= 11 is 0. The van der Waals surface area contributed by atoms with Crippen molar-refractivity contribution in [1.82, 2.24) is 0 Å². The fourth-order valence-corrected chi connectivity index (χ4v) is 3.41. The quantitative estimate of drug-likeness (QED) is 0.824. The van der Waals surface area contributed by atoms with Crippen LogP contribution in [0.15, 0.2) is 18.2 Å².